The van der Waals surface area contributed by atoms with Crippen molar-refractivity contribution in [1.29, 1.82) is 0 Å². The normalized spacial score (nSPS) is 33.4. The van der Waals surface area contributed by atoms with E-state index in [1.54, 1.807) is 0 Å². The zero-order valence-corrected chi connectivity index (χ0v) is 21.5. The number of phenols is 2. The molecule has 4 atom stereocenters. The summed E-state index contributed by atoms with van der Waals surface area (Å²) in [5, 5.41) is 20.3. The van der Waals surface area contributed by atoms with Crippen molar-refractivity contribution < 1.29 is 10.2 Å². The molecule has 2 aromatic rings. The van der Waals surface area contributed by atoms with Gasteiger partial charge >= 0.3 is 0 Å². The molecule has 3 fully saturated rings. The Bertz CT molecular complexity index is 867. The summed E-state index contributed by atoms with van der Waals surface area (Å²) >= 11 is 15.2. The van der Waals surface area contributed by atoms with E-state index < -0.39 is 0 Å². The summed E-state index contributed by atoms with van der Waals surface area (Å²) in [5.41, 5.74) is 2.65. The summed E-state index contributed by atoms with van der Waals surface area (Å²) in [7, 11) is 0. The highest BCUT2D eigenvalue weighted by atomic mass is 79.9. The van der Waals surface area contributed by atoms with Crippen molar-refractivity contribution in [2.45, 2.75) is 49.4 Å². The smallest absolute Gasteiger partial charge is 0.117 e. The van der Waals surface area contributed by atoms with Gasteiger partial charge in [-0.2, -0.15) is 0 Å². The van der Waals surface area contributed by atoms with Gasteiger partial charge in [-0.05, 0) is 79.3 Å². The predicted molar refractivity (Wildman–Crippen MR) is 125 cm³/mol. The second-order valence-corrected chi connectivity index (χ2v) is 12.0. The van der Waals surface area contributed by atoms with Crippen LogP contribution in [0.25, 0.3) is 0 Å². The molecule has 3 aliphatic rings. The molecule has 2 aromatic carbocycles. The van der Waals surface area contributed by atoms with Crippen molar-refractivity contribution in [2.75, 3.05) is 0 Å². The zero-order valence-electron chi connectivity index (χ0n) is 15.1. The minimum Gasteiger partial charge on any atom is -0.508 e. The van der Waals surface area contributed by atoms with Crippen LogP contribution in [0.3, 0.4) is 0 Å². The largest absolute Gasteiger partial charge is 0.508 e. The topological polar surface area (TPSA) is 40.5 Å². The molecule has 148 valence electrons. The van der Waals surface area contributed by atoms with Crippen molar-refractivity contribution >= 4 is 63.7 Å². The highest BCUT2D eigenvalue weighted by molar-refractivity contribution is 9.11. The number of aromatic hydroxyl groups is 2. The number of hydrogen-bond donors (Lipinski definition) is 2. The average molecular weight is 636 g/mol. The van der Waals surface area contributed by atoms with E-state index in [2.05, 4.69) is 63.7 Å². The minimum absolute atomic E-state index is 0.0172. The molecule has 2 nitrogen and oxygen atoms in total. The Hall–Kier alpha value is -0.0400. The third-order valence-electron chi connectivity index (χ3n) is 7.71. The third-order valence-corrected chi connectivity index (χ3v) is 10.2. The van der Waals surface area contributed by atoms with Gasteiger partial charge in [0.2, 0.25) is 0 Å². The van der Waals surface area contributed by atoms with Crippen LogP contribution in [0.2, 0.25) is 0 Å². The van der Waals surface area contributed by atoms with Crippen LogP contribution in [0.5, 0.6) is 11.5 Å². The molecule has 0 aliphatic heterocycles. The van der Waals surface area contributed by atoms with E-state index in [1.807, 2.05) is 24.3 Å². The molecule has 0 spiro atoms. The molecule has 0 radical (unpaired) electrons. The molecule has 3 saturated carbocycles. The van der Waals surface area contributed by atoms with Crippen molar-refractivity contribution in [3.05, 3.63) is 53.3 Å². The fourth-order valence-electron chi connectivity index (χ4n) is 7.18. The Morgan fingerprint density at radius 3 is 1.39 bits per heavy atom. The Balaban J connectivity index is 1.85. The number of rotatable bonds is 2. The van der Waals surface area contributed by atoms with E-state index in [1.165, 1.54) is 36.8 Å². The van der Waals surface area contributed by atoms with E-state index in [4.69, 9.17) is 0 Å². The lowest BCUT2D eigenvalue weighted by molar-refractivity contribution is 0.153. The molecular weight excluding hydrogens is 616 g/mol. The van der Waals surface area contributed by atoms with Crippen molar-refractivity contribution in [3.8, 4) is 11.5 Å². The second kappa shape index (κ2) is 6.73. The zero-order chi connectivity index (χ0) is 19.8. The van der Waals surface area contributed by atoms with Crippen LogP contribution >= 0.6 is 63.7 Å². The lowest BCUT2D eigenvalue weighted by Gasteiger charge is -2.52. The first-order valence-electron chi connectivity index (χ1n) is 9.68. The maximum Gasteiger partial charge on any atom is 0.117 e. The summed E-state index contributed by atoms with van der Waals surface area (Å²) in [5.74, 6) is 1.81. The average Bonchev–Trinajstić information content (AvgIpc) is 3.24. The molecule has 0 saturated heterocycles. The molecule has 3 aliphatic carbocycles. The lowest BCUT2D eigenvalue weighted by Crippen LogP contribution is -2.50. The summed E-state index contributed by atoms with van der Waals surface area (Å²) in [6.07, 6.45) is 7.26. The van der Waals surface area contributed by atoms with Crippen LogP contribution in [0, 0.1) is 11.8 Å². The molecule has 0 aromatic heterocycles. The maximum absolute atomic E-state index is 10.1. The monoisotopic (exact) mass is 632 g/mol. The summed E-state index contributed by atoms with van der Waals surface area (Å²) in [6, 6.07) is 7.35. The Morgan fingerprint density at radius 1 is 0.679 bits per heavy atom. The Morgan fingerprint density at radius 2 is 1.04 bits per heavy atom. The van der Waals surface area contributed by atoms with Gasteiger partial charge in [-0.15, -0.1) is 0 Å². The molecule has 0 heterocycles. The first-order chi connectivity index (χ1) is 13.3. The van der Waals surface area contributed by atoms with Gasteiger partial charge in [-0.25, -0.2) is 0 Å². The van der Waals surface area contributed by atoms with Gasteiger partial charge in [0, 0.05) is 28.7 Å². The van der Waals surface area contributed by atoms with Gasteiger partial charge in [-0.3, -0.25) is 0 Å². The fourth-order valence-corrected chi connectivity index (χ4v) is 10.9. The number of benzene rings is 2. The minimum atomic E-state index is 0.0172. The van der Waals surface area contributed by atoms with Gasteiger partial charge in [0.15, 0.2) is 0 Å². The SMILES string of the molecule is Oc1cc(Br)c(C23CCCC2(c2c(Br)cc(O)cc2Br)C2CCC3C2)c(Br)c1. The van der Waals surface area contributed by atoms with E-state index in [0.29, 0.717) is 11.8 Å². The van der Waals surface area contributed by atoms with Gasteiger partial charge in [0.1, 0.15) is 11.5 Å². The van der Waals surface area contributed by atoms with E-state index >= 15 is 0 Å². The van der Waals surface area contributed by atoms with Crippen molar-refractivity contribution in [2.24, 2.45) is 11.8 Å². The van der Waals surface area contributed by atoms with Gasteiger partial charge in [0.25, 0.3) is 0 Å². The molecule has 0 amide bonds. The number of halogens is 4. The first-order valence-corrected chi connectivity index (χ1v) is 12.9. The van der Waals surface area contributed by atoms with Crippen LogP contribution in [0.4, 0.5) is 0 Å². The summed E-state index contributed by atoms with van der Waals surface area (Å²) < 4.78 is 3.96. The molecule has 28 heavy (non-hydrogen) atoms. The van der Waals surface area contributed by atoms with Gasteiger partial charge < -0.3 is 10.2 Å². The van der Waals surface area contributed by atoms with Crippen LogP contribution < -0.4 is 0 Å². The van der Waals surface area contributed by atoms with Crippen molar-refractivity contribution in [3.63, 3.8) is 0 Å². The number of fused-ring (bicyclic) bond motifs is 5. The molecular formula is C22H20Br4O2. The highest BCUT2D eigenvalue weighted by Crippen LogP contribution is 2.76. The molecule has 4 unspecified atom stereocenters. The third kappa shape index (κ3) is 2.41. The lowest BCUT2D eigenvalue weighted by atomic mass is 9.52. The molecule has 2 N–H and O–H groups in total. The van der Waals surface area contributed by atoms with Gasteiger partial charge in [0.05, 0.1) is 0 Å². The van der Waals surface area contributed by atoms with Crippen LogP contribution in [0.1, 0.15) is 49.7 Å². The van der Waals surface area contributed by atoms with Gasteiger partial charge in [-0.1, -0.05) is 70.1 Å². The Labute approximate surface area is 198 Å². The fraction of sp³-hybridized carbons (Fsp3) is 0.455. The summed E-state index contributed by atoms with van der Waals surface area (Å²) in [6.45, 7) is 0. The molecule has 6 heteroatoms. The van der Waals surface area contributed by atoms with Crippen LogP contribution in [0.15, 0.2) is 42.2 Å². The standard InChI is InChI=1S/C22H20Br4O2/c23-15-7-13(27)8-16(24)19(15)21-4-1-5-22(21,12-3-2-11(21)6-12)20-17(25)9-14(28)10-18(20)26/h7-12,27-28H,1-6H2. The first kappa shape index (κ1) is 19.9. The van der Waals surface area contributed by atoms with Crippen molar-refractivity contribution in [1.82, 2.24) is 0 Å². The Kier molecular flexibility index (Phi) is 4.78. The molecule has 5 rings (SSSR count). The summed E-state index contributed by atoms with van der Waals surface area (Å²) in [4.78, 5) is 0. The van der Waals surface area contributed by atoms with E-state index in [-0.39, 0.29) is 22.3 Å². The number of phenolic OH excluding ortho intramolecular Hbond substituents is 2. The second-order valence-electron chi connectivity index (χ2n) is 8.57. The van der Waals surface area contributed by atoms with Crippen LogP contribution in [-0.2, 0) is 10.8 Å². The van der Waals surface area contributed by atoms with E-state index in [0.717, 1.165) is 30.7 Å². The van der Waals surface area contributed by atoms with E-state index in [9.17, 15) is 10.2 Å². The number of hydrogen-bond acceptors (Lipinski definition) is 2. The predicted octanol–water partition coefficient (Wildman–Crippen LogP) is 7.94. The van der Waals surface area contributed by atoms with Crippen LogP contribution in [-0.4, -0.2) is 10.2 Å². The highest BCUT2D eigenvalue weighted by Gasteiger charge is 2.71. The maximum atomic E-state index is 10.1. The quantitative estimate of drug-likeness (QED) is 0.352. The molecule has 2 bridgehead atoms.